The molecule has 3 aliphatic rings. The van der Waals surface area contributed by atoms with Gasteiger partial charge in [0.1, 0.15) is 5.75 Å². The van der Waals surface area contributed by atoms with Crippen molar-refractivity contribution in [1.82, 2.24) is 9.80 Å². The van der Waals surface area contributed by atoms with Gasteiger partial charge < -0.3 is 19.3 Å². The number of nitrogens with zero attached hydrogens (tertiary/aromatic N) is 2. The number of alkyl halides is 3. The molecule has 0 amide bonds. The first-order valence-electron chi connectivity index (χ1n) is 11.3. The third-order valence-electron chi connectivity index (χ3n) is 6.95. The highest BCUT2D eigenvalue weighted by Gasteiger charge is 2.60. The van der Waals surface area contributed by atoms with E-state index in [1.54, 1.807) is 12.1 Å². The van der Waals surface area contributed by atoms with Crippen molar-refractivity contribution in [2.75, 3.05) is 51.5 Å². The first kappa shape index (κ1) is 23.7. The molecule has 1 aromatic carbocycles. The molecule has 4 rings (SSSR count). The van der Waals surface area contributed by atoms with E-state index in [0.29, 0.717) is 11.8 Å². The summed E-state index contributed by atoms with van der Waals surface area (Å²) in [5, 5.41) is 8.38. The molecule has 1 saturated carbocycles. The Bertz CT molecular complexity index is 786. The lowest BCUT2D eigenvalue weighted by Crippen LogP contribution is -2.35. The molecule has 9 heteroatoms. The van der Waals surface area contributed by atoms with Gasteiger partial charge in [0.25, 0.3) is 0 Å². The molecule has 0 radical (unpaired) electrons. The number of ether oxygens (including phenoxy) is 2. The fraction of sp³-hybridized carbons (Fsp3) is 0.696. The molecule has 0 spiro atoms. The van der Waals surface area contributed by atoms with Crippen LogP contribution < -0.4 is 4.74 Å². The molecule has 178 valence electrons. The SMILES string of the molecule is CN(CSCCCN1C[C@H]2C[C@@]2(c2ccc(OC(F)(F)F)cc2)C1)C(=N)C1CCOCC1. The molecule has 1 aliphatic carbocycles. The second-order valence-electron chi connectivity index (χ2n) is 9.23. The van der Waals surface area contributed by atoms with Gasteiger partial charge in [-0.15, -0.1) is 24.9 Å². The summed E-state index contributed by atoms with van der Waals surface area (Å²) in [7, 11) is 2.01. The Morgan fingerprint density at radius 1 is 1.28 bits per heavy atom. The van der Waals surface area contributed by atoms with Crippen LogP contribution in [0.4, 0.5) is 13.2 Å². The summed E-state index contributed by atoms with van der Waals surface area (Å²) in [6.45, 7) is 4.62. The molecule has 1 aromatic rings. The largest absolute Gasteiger partial charge is 0.573 e. The fourth-order valence-electron chi connectivity index (χ4n) is 5.14. The van der Waals surface area contributed by atoms with Crippen molar-refractivity contribution in [2.45, 2.75) is 37.5 Å². The standard InChI is InChI=1S/C23H32F3N3O2S/c1-28(21(27)17-7-10-30-11-8-17)16-32-12-2-9-29-14-19-13-22(19,15-29)18-3-5-20(6-4-18)31-23(24,25)26/h3-6,17,19,27H,2,7-16H2,1H3/t19-,22+/m1/s1. The lowest BCUT2D eigenvalue weighted by Gasteiger charge is -2.29. The molecule has 1 N–H and O–H groups in total. The van der Waals surface area contributed by atoms with Gasteiger partial charge >= 0.3 is 6.36 Å². The number of halogens is 3. The molecule has 2 aliphatic heterocycles. The van der Waals surface area contributed by atoms with Crippen molar-refractivity contribution >= 4 is 17.6 Å². The summed E-state index contributed by atoms with van der Waals surface area (Å²) >= 11 is 1.87. The highest BCUT2D eigenvalue weighted by Crippen LogP contribution is 2.59. The number of piperidine rings is 1. The van der Waals surface area contributed by atoms with Gasteiger partial charge in [-0.2, -0.15) is 0 Å². The van der Waals surface area contributed by atoms with Crippen LogP contribution in [0.5, 0.6) is 5.75 Å². The van der Waals surface area contributed by atoms with Gasteiger partial charge in [0, 0.05) is 44.7 Å². The third-order valence-corrected chi connectivity index (χ3v) is 8.09. The Hall–Kier alpha value is -1.45. The van der Waals surface area contributed by atoms with Gasteiger partial charge in [-0.1, -0.05) is 12.1 Å². The van der Waals surface area contributed by atoms with E-state index in [0.717, 1.165) is 81.6 Å². The van der Waals surface area contributed by atoms with Crippen LogP contribution in [0.25, 0.3) is 0 Å². The van der Waals surface area contributed by atoms with Crippen molar-refractivity contribution in [1.29, 1.82) is 5.41 Å². The summed E-state index contributed by atoms with van der Waals surface area (Å²) in [5.74, 6) is 3.41. The van der Waals surface area contributed by atoms with Crippen molar-refractivity contribution in [3.8, 4) is 5.75 Å². The number of likely N-dealkylation sites (tertiary alicyclic amines) is 1. The van der Waals surface area contributed by atoms with Crippen LogP contribution in [0.3, 0.4) is 0 Å². The number of fused-ring (bicyclic) bond motifs is 1. The van der Waals surface area contributed by atoms with Gasteiger partial charge in [0.05, 0.1) is 11.7 Å². The van der Waals surface area contributed by atoms with Crippen LogP contribution >= 0.6 is 11.8 Å². The van der Waals surface area contributed by atoms with Crippen molar-refractivity contribution < 1.29 is 22.6 Å². The molecule has 2 atom stereocenters. The lowest BCUT2D eigenvalue weighted by molar-refractivity contribution is -0.274. The average Bonchev–Trinajstić information content (AvgIpc) is 3.34. The van der Waals surface area contributed by atoms with Gasteiger partial charge in [0.2, 0.25) is 0 Å². The highest BCUT2D eigenvalue weighted by atomic mass is 32.2. The number of thioether (sulfide) groups is 1. The fourth-order valence-corrected chi connectivity index (χ4v) is 6.01. The van der Waals surface area contributed by atoms with E-state index >= 15 is 0 Å². The second kappa shape index (κ2) is 9.81. The van der Waals surface area contributed by atoms with Crippen LogP contribution in [0.1, 0.15) is 31.2 Å². The van der Waals surface area contributed by atoms with E-state index in [4.69, 9.17) is 10.1 Å². The van der Waals surface area contributed by atoms with Crippen LogP contribution in [0.15, 0.2) is 24.3 Å². The normalized spacial score (nSPS) is 26.1. The molecule has 2 heterocycles. The van der Waals surface area contributed by atoms with E-state index in [2.05, 4.69) is 14.5 Å². The zero-order chi connectivity index (χ0) is 22.8. The Labute approximate surface area is 192 Å². The Morgan fingerprint density at radius 3 is 2.69 bits per heavy atom. The van der Waals surface area contributed by atoms with E-state index in [9.17, 15) is 13.2 Å². The first-order chi connectivity index (χ1) is 15.3. The number of amidine groups is 1. The first-order valence-corrected chi connectivity index (χ1v) is 12.5. The average molecular weight is 472 g/mol. The maximum absolute atomic E-state index is 12.4. The minimum atomic E-state index is -4.65. The molecule has 32 heavy (non-hydrogen) atoms. The van der Waals surface area contributed by atoms with E-state index in [1.165, 1.54) is 12.1 Å². The maximum atomic E-state index is 12.4. The van der Waals surface area contributed by atoms with Crippen molar-refractivity contribution in [3.63, 3.8) is 0 Å². The summed E-state index contributed by atoms with van der Waals surface area (Å²) in [5.41, 5.74) is 1.24. The molecular weight excluding hydrogens is 439 g/mol. The number of rotatable bonds is 9. The van der Waals surface area contributed by atoms with Crippen LogP contribution in [-0.4, -0.2) is 73.5 Å². The van der Waals surface area contributed by atoms with Crippen LogP contribution in [-0.2, 0) is 10.2 Å². The molecule has 3 fully saturated rings. The van der Waals surface area contributed by atoms with Gasteiger partial charge in [0.15, 0.2) is 0 Å². The van der Waals surface area contributed by atoms with Gasteiger partial charge in [-0.25, -0.2) is 0 Å². The van der Waals surface area contributed by atoms with Gasteiger partial charge in [-0.05, 0) is 61.6 Å². The smallest absolute Gasteiger partial charge is 0.406 e. The molecular formula is C23H32F3N3O2S. The number of hydrogen-bond acceptors (Lipinski definition) is 5. The Morgan fingerprint density at radius 2 is 2.00 bits per heavy atom. The minimum absolute atomic E-state index is 0.114. The number of hydrogen-bond donors (Lipinski definition) is 1. The van der Waals surface area contributed by atoms with E-state index in [1.807, 2.05) is 18.8 Å². The summed E-state index contributed by atoms with van der Waals surface area (Å²) < 4.78 is 46.5. The third kappa shape index (κ3) is 5.72. The monoisotopic (exact) mass is 471 g/mol. The van der Waals surface area contributed by atoms with Crippen molar-refractivity contribution in [3.05, 3.63) is 29.8 Å². The zero-order valence-corrected chi connectivity index (χ0v) is 19.3. The highest BCUT2D eigenvalue weighted by molar-refractivity contribution is 7.99. The second-order valence-corrected chi connectivity index (χ2v) is 10.3. The maximum Gasteiger partial charge on any atom is 0.573 e. The van der Waals surface area contributed by atoms with E-state index in [-0.39, 0.29) is 11.2 Å². The molecule has 0 aromatic heterocycles. The molecule has 0 bridgehead atoms. The van der Waals surface area contributed by atoms with Gasteiger partial charge in [-0.3, -0.25) is 5.41 Å². The zero-order valence-electron chi connectivity index (χ0n) is 18.5. The lowest BCUT2D eigenvalue weighted by atomic mass is 9.95. The topological polar surface area (TPSA) is 48.8 Å². The Balaban J connectivity index is 1.15. The molecule has 2 saturated heterocycles. The predicted molar refractivity (Wildman–Crippen MR) is 120 cm³/mol. The van der Waals surface area contributed by atoms with Crippen LogP contribution in [0, 0.1) is 17.2 Å². The quantitative estimate of drug-likeness (QED) is 0.247. The van der Waals surface area contributed by atoms with Crippen LogP contribution in [0.2, 0.25) is 0 Å². The minimum Gasteiger partial charge on any atom is -0.406 e. The number of benzene rings is 1. The Kier molecular flexibility index (Phi) is 7.27. The number of nitrogens with one attached hydrogen (secondary N) is 1. The summed E-state index contributed by atoms with van der Waals surface area (Å²) in [6.07, 6.45) is -0.529. The molecule has 0 unspecified atom stereocenters. The van der Waals surface area contributed by atoms with Crippen molar-refractivity contribution in [2.24, 2.45) is 11.8 Å². The van der Waals surface area contributed by atoms with E-state index < -0.39 is 6.36 Å². The summed E-state index contributed by atoms with van der Waals surface area (Å²) in [6, 6.07) is 6.45. The predicted octanol–water partition coefficient (Wildman–Crippen LogP) is 4.57. The molecule has 5 nitrogen and oxygen atoms in total. The summed E-state index contributed by atoms with van der Waals surface area (Å²) in [4.78, 5) is 4.55.